The van der Waals surface area contributed by atoms with Crippen molar-refractivity contribution >= 4 is 11.6 Å². The van der Waals surface area contributed by atoms with Crippen LogP contribution in [0.15, 0.2) is 48.8 Å². The lowest BCUT2D eigenvalue weighted by molar-refractivity contribution is -0.137. The number of hydrogen-bond donors (Lipinski definition) is 2. The van der Waals surface area contributed by atoms with Gasteiger partial charge in [0.1, 0.15) is 28.8 Å². The summed E-state index contributed by atoms with van der Waals surface area (Å²) in [5.74, 6) is -3.06. The number of carbonyl (C=O) groups is 1. The Morgan fingerprint density at radius 3 is 2.37 bits per heavy atom. The molecule has 0 atom stereocenters. The lowest BCUT2D eigenvalue weighted by Gasteiger charge is -2.27. The molecule has 4 rings (SSSR count). The van der Waals surface area contributed by atoms with Crippen LogP contribution in [0, 0.1) is 11.6 Å². The van der Waals surface area contributed by atoms with Gasteiger partial charge in [-0.25, -0.2) is 13.8 Å². The molecule has 3 aromatic rings. The molecule has 3 N–H and O–H groups in total. The van der Waals surface area contributed by atoms with E-state index in [9.17, 15) is 26.7 Å². The molecule has 0 aliphatic heterocycles. The van der Waals surface area contributed by atoms with E-state index in [2.05, 4.69) is 15.3 Å². The predicted octanol–water partition coefficient (Wildman–Crippen LogP) is 5.34. The van der Waals surface area contributed by atoms with Crippen LogP contribution in [-0.2, 0) is 6.18 Å². The number of nitrogens with one attached hydrogen (secondary N) is 1. The van der Waals surface area contributed by atoms with Crippen molar-refractivity contribution < 1.29 is 31.5 Å². The first-order chi connectivity index (χ1) is 16.6. The summed E-state index contributed by atoms with van der Waals surface area (Å²) in [5, 5.41) is 2.51. The van der Waals surface area contributed by atoms with Crippen LogP contribution in [0.5, 0.6) is 5.75 Å². The molecule has 1 fully saturated rings. The van der Waals surface area contributed by atoms with Gasteiger partial charge in [-0.3, -0.25) is 9.78 Å². The number of aromatic nitrogens is 2. The molecule has 2 aromatic heterocycles. The first kappa shape index (κ1) is 24.5. The smallest absolute Gasteiger partial charge is 0.418 e. The minimum Gasteiger partial charge on any atom is -0.488 e. The van der Waals surface area contributed by atoms with Gasteiger partial charge in [0.25, 0.3) is 5.91 Å². The topological polar surface area (TPSA) is 90.1 Å². The first-order valence-corrected chi connectivity index (χ1v) is 10.8. The minimum absolute atomic E-state index is 0.116. The highest BCUT2D eigenvalue weighted by Crippen LogP contribution is 2.38. The zero-order valence-corrected chi connectivity index (χ0v) is 18.3. The van der Waals surface area contributed by atoms with Gasteiger partial charge in [-0.1, -0.05) is 6.07 Å². The van der Waals surface area contributed by atoms with Gasteiger partial charge >= 0.3 is 6.18 Å². The Morgan fingerprint density at radius 1 is 1.03 bits per heavy atom. The van der Waals surface area contributed by atoms with Crippen LogP contribution in [0.1, 0.15) is 41.7 Å². The standard InChI is InChI=1S/C24H21F5N4O2/c25-16-2-1-3-17(26)21(16)22-15(24(27,28)29)8-9-18(32-22)23(34)33-19-12-31-11-10-20(19)35-14-6-4-13(30)5-7-14/h1-3,8-14H,4-7,30H2,(H,33,34)/t13-,14-. The summed E-state index contributed by atoms with van der Waals surface area (Å²) in [7, 11) is 0. The van der Waals surface area contributed by atoms with E-state index in [-0.39, 0.29) is 17.8 Å². The Morgan fingerprint density at radius 2 is 1.71 bits per heavy atom. The molecule has 11 heteroatoms. The normalized spacial score (nSPS) is 18.2. The molecule has 1 amide bonds. The van der Waals surface area contributed by atoms with Gasteiger partial charge in [0.2, 0.25) is 0 Å². The number of amides is 1. The molecule has 1 aromatic carbocycles. The fourth-order valence-electron chi connectivity index (χ4n) is 3.88. The Kier molecular flexibility index (Phi) is 6.97. The van der Waals surface area contributed by atoms with E-state index in [1.807, 2.05) is 0 Å². The minimum atomic E-state index is -4.96. The number of anilines is 1. The third kappa shape index (κ3) is 5.56. The predicted molar refractivity (Wildman–Crippen MR) is 118 cm³/mol. The van der Waals surface area contributed by atoms with Crippen LogP contribution >= 0.6 is 0 Å². The van der Waals surface area contributed by atoms with Crippen molar-refractivity contribution in [1.82, 2.24) is 9.97 Å². The monoisotopic (exact) mass is 492 g/mol. The molecule has 1 aliphatic rings. The molecular formula is C24H21F5N4O2. The van der Waals surface area contributed by atoms with Crippen LogP contribution in [0.25, 0.3) is 11.3 Å². The molecule has 0 bridgehead atoms. The molecule has 2 heterocycles. The van der Waals surface area contributed by atoms with E-state index in [0.29, 0.717) is 11.8 Å². The number of nitrogens with zero attached hydrogens (tertiary/aromatic N) is 2. The van der Waals surface area contributed by atoms with Crippen molar-refractivity contribution in [1.29, 1.82) is 0 Å². The highest BCUT2D eigenvalue weighted by Gasteiger charge is 2.36. The summed E-state index contributed by atoms with van der Waals surface area (Å²) in [6.45, 7) is 0. The number of carbonyl (C=O) groups excluding carboxylic acids is 1. The van der Waals surface area contributed by atoms with E-state index in [1.54, 1.807) is 6.07 Å². The van der Waals surface area contributed by atoms with Crippen LogP contribution < -0.4 is 15.8 Å². The lowest BCUT2D eigenvalue weighted by Crippen LogP contribution is -2.31. The molecule has 0 unspecified atom stereocenters. The molecule has 184 valence electrons. The second-order valence-electron chi connectivity index (χ2n) is 8.17. The number of hydrogen-bond acceptors (Lipinski definition) is 5. The molecule has 0 radical (unpaired) electrons. The lowest BCUT2D eigenvalue weighted by atomic mass is 9.94. The first-order valence-electron chi connectivity index (χ1n) is 10.8. The quantitative estimate of drug-likeness (QED) is 0.469. The molecular weight excluding hydrogens is 471 g/mol. The van der Waals surface area contributed by atoms with Gasteiger partial charge in [0.05, 0.1) is 29.1 Å². The van der Waals surface area contributed by atoms with E-state index in [1.165, 1.54) is 12.4 Å². The summed E-state index contributed by atoms with van der Waals surface area (Å²) in [4.78, 5) is 20.5. The number of rotatable bonds is 5. The average Bonchev–Trinajstić information content (AvgIpc) is 2.81. The number of halogens is 5. The van der Waals surface area contributed by atoms with Crippen molar-refractivity contribution in [2.75, 3.05) is 5.32 Å². The zero-order chi connectivity index (χ0) is 25.2. The average molecular weight is 492 g/mol. The van der Waals surface area contributed by atoms with Crippen molar-refractivity contribution in [2.45, 2.75) is 44.0 Å². The number of benzene rings is 1. The maximum absolute atomic E-state index is 14.3. The Labute approximate surface area is 197 Å². The number of nitrogens with two attached hydrogens (primary N) is 1. The molecule has 0 spiro atoms. The van der Waals surface area contributed by atoms with Gasteiger partial charge in [-0.2, -0.15) is 13.2 Å². The summed E-state index contributed by atoms with van der Waals surface area (Å²) in [6.07, 6.45) is 0.763. The highest BCUT2D eigenvalue weighted by atomic mass is 19.4. The van der Waals surface area contributed by atoms with Gasteiger partial charge in [0.15, 0.2) is 0 Å². The summed E-state index contributed by atoms with van der Waals surface area (Å²) in [5.41, 5.74) is 2.23. The molecule has 1 saturated carbocycles. The zero-order valence-electron chi connectivity index (χ0n) is 18.3. The fraction of sp³-hybridized carbons (Fsp3) is 0.292. The van der Waals surface area contributed by atoms with E-state index < -0.39 is 46.2 Å². The SMILES string of the molecule is N[C@H]1CC[C@H](Oc2ccncc2NC(=O)c2ccc(C(F)(F)F)c(-c3c(F)cccc3F)n2)CC1. The Hall–Kier alpha value is -3.60. The van der Waals surface area contributed by atoms with Crippen molar-refractivity contribution in [2.24, 2.45) is 5.73 Å². The molecule has 1 aliphatic carbocycles. The van der Waals surface area contributed by atoms with E-state index in [0.717, 1.165) is 49.9 Å². The van der Waals surface area contributed by atoms with Gasteiger partial charge in [0, 0.05) is 18.3 Å². The summed E-state index contributed by atoms with van der Waals surface area (Å²) < 4.78 is 75.3. The third-order valence-electron chi connectivity index (χ3n) is 5.67. The second-order valence-corrected chi connectivity index (χ2v) is 8.17. The highest BCUT2D eigenvalue weighted by molar-refractivity contribution is 6.04. The van der Waals surface area contributed by atoms with Crippen LogP contribution in [0.3, 0.4) is 0 Å². The van der Waals surface area contributed by atoms with E-state index in [4.69, 9.17) is 10.5 Å². The van der Waals surface area contributed by atoms with Gasteiger partial charge < -0.3 is 15.8 Å². The number of ether oxygens (including phenoxy) is 1. The Balaban J connectivity index is 1.64. The number of pyridine rings is 2. The third-order valence-corrected chi connectivity index (χ3v) is 5.67. The van der Waals surface area contributed by atoms with Gasteiger partial charge in [-0.05, 0) is 49.9 Å². The van der Waals surface area contributed by atoms with Crippen molar-refractivity contribution in [3.8, 4) is 17.0 Å². The molecule has 6 nitrogen and oxygen atoms in total. The maximum Gasteiger partial charge on any atom is 0.418 e. The van der Waals surface area contributed by atoms with Crippen molar-refractivity contribution in [3.63, 3.8) is 0 Å². The second kappa shape index (κ2) is 9.95. The summed E-state index contributed by atoms with van der Waals surface area (Å²) >= 11 is 0. The molecule has 0 saturated heterocycles. The summed E-state index contributed by atoms with van der Waals surface area (Å²) in [6, 6.07) is 5.70. The van der Waals surface area contributed by atoms with Crippen LogP contribution in [-0.4, -0.2) is 28.0 Å². The van der Waals surface area contributed by atoms with Gasteiger partial charge in [-0.15, -0.1) is 0 Å². The fourth-order valence-corrected chi connectivity index (χ4v) is 3.88. The molecule has 35 heavy (non-hydrogen) atoms. The maximum atomic E-state index is 14.3. The number of alkyl halides is 3. The Bertz CT molecular complexity index is 1210. The van der Waals surface area contributed by atoms with E-state index >= 15 is 0 Å². The van der Waals surface area contributed by atoms with Crippen molar-refractivity contribution in [3.05, 3.63) is 71.7 Å². The van der Waals surface area contributed by atoms with Crippen LogP contribution in [0.2, 0.25) is 0 Å². The largest absolute Gasteiger partial charge is 0.488 e. The van der Waals surface area contributed by atoms with Crippen LogP contribution in [0.4, 0.5) is 27.6 Å².